The smallest absolute Gasteiger partial charge is 0.328 e. The van der Waals surface area contributed by atoms with Crippen molar-refractivity contribution in [2.24, 2.45) is 0 Å². The topological polar surface area (TPSA) is 66.4 Å². The van der Waals surface area contributed by atoms with Crippen LogP contribution >= 0.6 is 38.6 Å². The highest BCUT2D eigenvalue weighted by Gasteiger charge is 2.09. The zero-order valence-electron chi connectivity index (χ0n) is 10.1. The van der Waals surface area contributed by atoms with Crippen molar-refractivity contribution < 1.29 is 14.7 Å². The van der Waals surface area contributed by atoms with Gasteiger partial charge in [0, 0.05) is 25.7 Å². The molecule has 0 saturated heterocycles. The Bertz CT molecular complexity index is 660. The lowest BCUT2D eigenvalue weighted by atomic mass is 10.3. The van der Waals surface area contributed by atoms with E-state index in [0.29, 0.717) is 12.1 Å². The fraction of sp³-hybridized carbons (Fsp3) is 0.0769. The van der Waals surface area contributed by atoms with Gasteiger partial charge in [0.05, 0.1) is 12.1 Å². The number of carbonyl (C=O) groups excluding carboxylic acids is 1. The zero-order valence-corrected chi connectivity index (χ0v) is 13.3. The summed E-state index contributed by atoms with van der Waals surface area (Å²) in [6.45, 7) is 0.466. The van der Waals surface area contributed by atoms with Crippen LogP contribution in [0.3, 0.4) is 0 Å². The molecule has 0 aliphatic rings. The van der Waals surface area contributed by atoms with Crippen molar-refractivity contribution >= 4 is 56.6 Å². The van der Waals surface area contributed by atoms with Crippen LogP contribution in [0.2, 0.25) is 0 Å². The second kappa shape index (κ2) is 6.83. The van der Waals surface area contributed by atoms with Gasteiger partial charge in [0.25, 0.3) is 5.91 Å². The van der Waals surface area contributed by atoms with Gasteiger partial charge in [-0.25, -0.2) is 4.79 Å². The molecule has 4 nitrogen and oxygen atoms in total. The van der Waals surface area contributed by atoms with Crippen LogP contribution in [0.25, 0.3) is 6.08 Å². The molecule has 0 fully saturated rings. The summed E-state index contributed by atoms with van der Waals surface area (Å²) in [6.07, 6.45) is 2.52. The lowest BCUT2D eigenvalue weighted by Crippen LogP contribution is -2.21. The second-order valence-electron chi connectivity index (χ2n) is 3.78. The highest BCUT2D eigenvalue weighted by molar-refractivity contribution is 9.10. The average molecular weight is 372 g/mol. The minimum atomic E-state index is -1.01. The third-order valence-corrected chi connectivity index (χ3v) is 5.20. The minimum Gasteiger partial charge on any atom is -0.478 e. The number of amides is 1. The molecule has 2 heterocycles. The van der Waals surface area contributed by atoms with Gasteiger partial charge in [0.1, 0.15) is 0 Å². The van der Waals surface area contributed by atoms with Gasteiger partial charge in [-0.15, -0.1) is 22.7 Å². The summed E-state index contributed by atoms with van der Waals surface area (Å²) >= 11 is 6.30. The molecule has 0 saturated carbocycles. The van der Waals surface area contributed by atoms with Gasteiger partial charge in [-0.2, -0.15) is 0 Å². The molecule has 7 heteroatoms. The van der Waals surface area contributed by atoms with Crippen molar-refractivity contribution in [3.63, 3.8) is 0 Å². The Morgan fingerprint density at radius 3 is 2.85 bits per heavy atom. The Morgan fingerprint density at radius 2 is 2.20 bits per heavy atom. The Kier molecular flexibility index (Phi) is 5.11. The van der Waals surface area contributed by atoms with E-state index in [4.69, 9.17) is 5.11 Å². The van der Waals surface area contributed by atoms with Crippen molar-refractivity contribution in [3.05, 3.63) is 48.8 Å². The molecule has 0 aliphatic heterocycles. The van der Waals surface area contributed by atoms with Crippen LogP contribution in [0, 0.1) is 0 Å². The molecule has 1 amide bonds. The number of carboxylic acid groups (broad SMARTS) is 1. The third kappa shape index (κ3) is 4.03. The number of carbonyl (C=O) groups is 2. The van der Waals surface area contributed by atoms with E-state index in [1.807, 2.05) is 11.4 Å². The van der Waals surface area contributed by atoms with E-state index >= 15 is 0 Å². The molecule has 0 unspecified atom stereocenters. The van der Waals surface area contributed by atoms with Gasteiger partial charge in [-0.1, -0.05) is 0 Å². The minimum absolute atomic E-state index is 0.170. The van der Waals surface area contributed by atoms with Crippen LogP contribution in [0.15, 0.2) is 33.4 Å². The molecule has 0 radical (unpaired) electrons. The van der Waals surface area contributed by atoms with Crippen LogP contribution in [0.5, 0.6) is 0 Å². The number of aliphatic carboxylic acids is 1. The maximum absolute atomic E-state index is 11.9. The quantitative estimate of drug-likeness (QED) is 0.789. The molecule has 0 aliphatic carbocycles. The van der Waals surface area contributed by atoms with E-state index in [9.17, 15) is 9.59 Å². The summed E-state index contributed by atoms with van der Waals surface area (Å²) in [5.74, 6) is -1.18. The van der Waals surface area contributed by atoms with E-state index < -0.39 is 5.97 Å². The first kappa shape index (κ1) is 15.0. The van der Waals surface area contributed by atoms with Crippen molar-refractivity contribution in [2.75, 3.05) is 0 Å². The second-order valence-corrected chi connectivity index (χ2v) is 6.58. The van der Waals surface area contributed by atoms with E-state index in [1.54, 1.807) is 22.8 Å². The number of hydrogen-bond donors (Lipinski definition) is 2. The molecule has 0 aromatic carbocycles. The molecule has 0 bridgehead atoms. The molecule has 2 aromatic rings. The normalized spacial score (nSPS) is 10.8. The summed E-state index contributed by atoms with van der Waals surface area (Å²) in [5.41, 5.74) is 0.535. The van der Waals surface area contributed by atoms with Crippen LogP contribution in [-0.2, 0) is 11.3 Å². The first-order chi connectivity index (χ1) is 9.56. The lowest BCUT2D eigenvalue weighted by Gasteiger charge is -2.02. The summed E-state index contributed by atoms with van der Waals surface area (Å²) < 4.78 is 0.984. The molecular weight excluding hydrogens is 362 g/mol. The van der Waals surface area contributed by atoms with Gasteiger partial charge < -0.3 is 10.4 Å². The van der Waals surface area contributed by atoms with E-state index in [0.717, 1.165) is 20.3 Å². The third-order valence-electron chi connectivity index (χ3n) is 2.37. The maximum Gasteiger partial charge on any atom is 0.328 e. The number of halogens is 1. The Hall–Kier alpha value is -1.44. The van der Waals surface area contributed by atoms with Crippen LogP contribution in [0.1, 0.15) is 20.1 Å². The molecule has 0 atom stereocenters. The van der Waals surface area contributed by atoms with Crippen molar-refractivity contribution in [1.82, 2.24) is 5.32 Å². The Balaban J connectivity index is 1.96. The molecular formula is C13H10BrNO3S2. The van der Waals surface area contributed by atoms with Gasteiger partial charge in [-0.3, -0.25) is 4.79 Å². The molecule has 0 spiro atoms. The number of hydrogen-bond acceptors (Lipinski definition) is 4. The summed E-state index contributed by atoms with van der Waals surface area (Å²) in [6, 6.07) is 3.61. The monoisotopic (exact) mass is 371 g/mol. The van der Waals surface area contributed by atoms with Crippen LogP contribution in [-0.4, -0.2) is 17.0 Å². The standard InChI is InChI=1S/C13H10BrNO3S2/c14-10-3-4-19-11(10)6-15-13(18)8-5-9(20-7-8)1-2-12(16)17/h1-5,7H,6H2,(H,15,18)(H,16,17)/b2-1+. The fourth-order valence-electron chi connectivity index (χ4n) is 1.43. The van der Waals surface area contributed by atoms with Crippen molar-refractivity contribution in [2.45, 2.75) is 6.54 Å². The van der Waals surface area contributed by atoms with Crippen LogP contribution < -0.4 is 5.32 Å². The maximum atomic E-state index is 11.9. The van der Waals surface area contributed by atoms with Crippen molar-refractivity contribution in [3.8, 4) is 0 Å². The largest absolute Gasteiger partial charge is 0.478 e. The highest BCUT2D eigenvalue weighted by Crippen LogP contribution is 2.22. The predicted molar refractivity (Wildman–Crippen MR) is 84.2 cm³/mol. The number of nitrogens with one attached hydrogen (secondary N) is 1. The number of rotatable bonds is 5. The van der Waals surface area contributed by atoms with E-state index in [2.05, 4.69) is 21.2 Å². The Morgan fingerprint density at radius 1 is 1.40 bits per heavy atom. The molecule has 104 valence electrons. The van der Waals surface area contributed by atoms with E-state index in [1.165, 1.54) is 17.4 Å². The van der Waals surface area contributed by atoms with Crippen LogP contribution in [0.4, 0.5) is 0 Å². The zero-order chi connectivity index (χ0) is 14.5. The first-order valence-electron chi connectivity index (χ1n) is 5.56. The van der Waals surface area contributed by atoms with Gasteiger partial charge in [-0.05, 0) is 39.5 Å². The summed E-state index contributed by atoms with van der Waals surface area (Å²) in [4.78, 5) is 24.1. The van der Waals surface area contributed by atoms with Crippen molar-refractivity contribution in [1.29, 1.82) is 0 Å². The van der Waals surface area contributed by atoms with E-state index in [-0.39, 0.29) is 5.91 Å². The molecule has 20 heavy (non-hydrogen) atoms. The fourth-order valence-corrected chi connectivity index (χ4v) is 3.64. The van der Waals surface area contributed by atoms with Gasteiger partial charge >= 0.3 is 5.97 Å². The summed E-state index contributed by atoms with van der Waals surface area (Å²) in [7, 11) is 0. The molecule has 2 aromatic heterocycles. The predicted octanol–water partition coefficient (Wildman–Crippen LogP) is 3.60. The van der Waals surface area contributed by atoms with Gasteiger partial charge in [0.2, 0.25) is 0 Å². The summed E-state index contributed by atoms with van der Waals surface area (Å²) in [5, 5.41) is 15.0. The number of carboxylic acids is 1. The Labute approximate surface area is 131 Å². The highest BCUT2D eigenvalue weighted by atomic mass is 79.9. The lowest BCUT2D eigenvalue weighted by molar-refractivity contribution is -0.131. The van der Waals surface area contributed by atoms with Gasteiger partial charge in [0.15, 0.2) is 0 Å². The molecule has 2 rings (SSSR count). The first-order valence-corrected chi connectivity index (χ1v) is 8.11. The number of thiophene rings is 2. The SMILES string of the molecule is O=C(O)/C=C/c1cc(C(=O)NCc2sccc2Br)cs1. The average Bonchev–Trinajstić information content (AvgIpc) is 3.02. The molecule has 2 N–H and O–H groups in total.